The molecule has 0 fully saturated rings. The Hall–Kier alpha value is -0.740. The van der Waals surface area contributed by atoms with Gasteiger partial charge in [-0.3, -0.25) is 0 Å². The SMILES string of the molecule is NCCCc1ccc(Br)c2c1OCO2. The first-order valence-corrected chi connectivity index (χ1v) is 5.39. The zero-order valence-electron chi connectivity index (χ0n) is 7.75. The Labute approximate surface area is 91.3 Å². The van der Waals surface area contributed by atoms with Gasteiger partial charge in [-0.05, 0) is 46.9 Å². The maximum atomic E-state index is 5.47. The van der Waals surface area contributed by atoms with E-state index in [0.717, 1.165) is 28.8 Å². The molecule has 1 aliphatic heterocycles. The van der Waals surface area contributed by atoms with Crippen molar-refractivity contribution in [2.24, 2.45) is 5.73 Å². The number of hydrogen-bond donors (Lipinski definition) is 1. The third kappa shape index (κ3) is 1.72. The highest BCUT2D eigenvalue weighted by Gasteiger charge is 2.20. The number of ether oxygens (including phenoxy) is 2. The average molecular weight is 258 g/mol. The van der Waals surface area contributed by atoms with Crippen LogP contribution in [0.25, 0.3) is 0 Å². The van der Waals surface area contributed by atoms with Gasteiger partial charge in [-0.1, -0.05) is 6.07 Å². The van der Waals surface area contributed by atoms with Crippen molar-refractivity contribution in [3.8, 4) is 11.5 Å². The molecule has 0 unspecified atom stereocenters. The molecule has 0 bridgehead atoms. The first-order chi connectivity index (χ1) is 6.83. The molecule has 0 amide bonds. The quantitative estimate of drug-likeness (QED) is 0.902. The van der Waals surface area contributed by atoms with E-state index in [1.165, 1.54) is 5.56 Å². The number of aryl methyl sites for hydroxylation is 1. The smallest absolute Gasteiger partial charge is 0.231 e. The van der Waals surface area contributed by atoms with Gasteiger partial charge in [0.05, 0.1) is 4.47 Å². The molecule has 1 aromatic rings. The van der Waals surface area contributed by atoms with Crippen LogP contribution < -0.4 is 15.2 Å². The zero-order valence-corrected chi connectivity index (χ0v) is 9.34. The van der Waals surface area contributed by atoms with E-state index < -0.39 is 0 Å². The molecule has 0 spiro atoms. The molecule has 1 heterocycles. The van der Waals surface area contributed by atoms with Gasteiger partial charge in [0.1, 0.15) is 0 Å². The first kappa shape index (κ1) is 9.80. The summed E-state index contributed by atoms with van der Waals surface area (Å²) in [7, 11) is 0. The van der Waals surface area contributed by atoms with Crippen LogP contribution in [0.4, 0.5) is 0 Å². The molecule has 2 N–H and O–H groups in total. The van der Waals surface area contributed by atoms with Gasteiger partial charge in [0.15, 0.2) is 11.5 Å². The van der Waals surface area contributed by atoms with Gasteiger partial charge < -0.3 is 15.2 Å². The van der Waals surface area contributed by atoms with Gasteiger partial charge in [0, 0.05) is 0 Å². The minimum atomic E-state index is 0.313. The lowest BCUT2D eigenvalue weighted by molar-refractivity contribution is 0.172. The van der Waals surface area contributed by atoms with Crippen molar-refractivity contribution < 1.29 is 9.47 Å². The molecule has 0 saturated heterocycles. The number of benzene rings is 1. The second kappa shape index (κ2) is 4.19. The van der Waals surface area contributed by atoms with Crippen LogP contribution in [0.1, 0.15) is 12.0 Å². The van der Waals surface area contributed by atoms with Crippen molar-refractivity contribution in [1.82, 2.24) is 0 Å². The summed E-state index contributed by atoms with van der Waals surface area (Å²) in [5.41, 5.74) is 6.64. The van der Waals surface area contributed by atoms with E-state index >= 15 is 0 Å². The highest BCUT2D eigenvalue weighted by molar-refractivity contribution is 9.10. The minimum Gasteiger partial charge on any atom is -0.453 e. The predicted octanol–water partition coefficient (Wildman–Crippen LogP) is 2.07. The lowest BCUT2D eigenvalue weighted by Gasteiger charge is -2.05. The van der Waals surface area contributed by atoms with E-state index in [9.17, 15) is 0 Å². The van der Waals surface area contributed by atoms with Crippen molar-refractivity contribution >= 4 is 15.9 Å². The Morgan fingerprint density at radius 1 is 1.29 bits per heavy atom. The van der Waals surface area contributed by atoms with Crippen LogP contribution in [0.2, 0.25) is 0 Å². The van der Waals surface area contributed by atoms with Crippen LogP contribution in [0.3, 0.4) is 0 Å². The number of fused-ring (bicyclic) bond motifs is 1. The molecule has 0 aliphatic carbocycles. The topological polar surface area (TPSA) is 44.5 Å². The van der Waals surface area contributed by atoms with Crippen molar-refractivity contribution in [3.63, 3.8) is 0 Å². The second-order valence-electron chi connectivity index (χ2n) is 3.16. The molecule has 2 rings (SSSR count). The summed E-state index contributed by atoms with van der Waals surface area (Å²) in [6.07, 6.45) is 1.91. The summed E-state index contributed by atoms with van der Waals surface area (Å²) in [6.45, 7) is 1.01. The predicted molar refractivity (Wildman–Crippen MR) is 57.6 cm³/mol. The number of nitrogens with two attached hydrogens (primary N) is 1. The molecule has 4 heteroatoms. The average Bonchev–Trinajstić information content (AvgIpc) is 2.66. The third-order valence-electron chi connectivity index (χ3n) is 2.20. The Morgan fingerprint density at radius 2 is 2.07 bits per heavy atom. The van der Waals surface area contributed by atoms with E-state index in [1.54, 1.807) is 0 Å². The number of halogens is 1. The molecule has 0 radical (unpaired) electrons. The Morgan fingerprint density at radius 3 is 2.86 bits per heavy atom. The zero-order chi connectivity index (χ0) is 9.97. The molecule has 0 atom stereocenters. The standard InChI is InChI=1S/C10H12BrNO2/c11-8-4-3-7(2-1-5-12)9-10(8)14-6-13-9/h3-4H,1-2,5-6,12H2. The normalized spacial score (nSPS) is 13.3. The van der Waals surface area contributed by atoms with E-state index in [1.807, 2.05) is 12.1 Å². The molecule has 0 aromatic heterocycles. The maximum absolute atomic E-state index is 5.47. The van der Waals surface area contributed by atoms with Gasteiger partial charge >= 0.3 is 0 Å². The van der Waals surface area contributed by atoms with E-state index in [2.05, 4.69) is 15.9 Å². The lowest BCUT2D eigenvalue weighted by atomic mass is 10.1. The van der Waals surface area contributed by atoms with Crippen LogP contribution in [-0.4, -0.2) is 13.3 Å². The van der Waals surface area contributed by atoms with Gasteiger partial charge in [-0.25, -0.2) is 0 Å². The Balaban J connectivity index is 2.29. The Kier molecular flexibility index (Phi) is 2.93. The number of hydrogen-bond acceptors (Lipinski definition) is 3. The van der Waals surface area contributed by atoms with Crippen molar-refractivity contribution in [1.29, 1.82) is 0 Å². The molecule has 1 aromatic carbocycles. The third-order valence-corrected chi connectivity index (χ3v) is 2.83. The molecule has 14 heavy (non-hydrogen) atoms. The number of rotatable bonds is 3. The highest BCUT2D eigenvalue weighted by Crippen LogP contribution is 2.41. The molecule has 76 valence electrons. The second-order valence-corrected chi connectivity index (χ2v) is 4.02. The van der Waals surface area contributed by atoms with Gasteiger partial charge in [0.25, 0.3) is 0 Å². The van der Waals surface area contributed by atoms with Gasteiger partial charge in [-0.15, -0.1) is 0 Å². The fourth-order valence-electron chi connectivity index (χ4n) is 1.51. The summed E-state index contributed by atoms with van der Waals surface area (Å²) in [6, 6.07) is 4.03. The fourth-order valence-corrected chi connectivity index (χ4v) is 1.94. The van der Waals surface area contributed by atoms with E-state index in [4.69, 9.17) is 15.2 Å². The highest BCUT2D eigenvalue weighted by atomic mass is 79.9. The largest absolute Gasteiger partial charge is 0.453 e. The van der Waals surface area contributed by atoms with E-state index in [0.29, 0.717) is 13.3 Å². The van der Waals surface area contributed by atoms with Gasteiger partial charge in [-0.2, -0.15) is 0 Å². The Bertz CT molecular complexity index is 341. The van der Waals surface area contributed by atoms with Crippen LogP contribution in [0.15, 0.2) is 16.6 Å². The molecule has 0 saturated carbocycles. The molecule has 1 aliphatic rings. The maximum Gasteiger partial charge on any atom is 0.231 e. The molecule has 3 nitrogen and oxygen atoms in total. The van der Waals surface area contributed by atoms with Crippen LogP contribution in [0.5, 0.6) is 11.5 Å². The minimum absolute atomic E-state index is 0.313. The van der Waals surface area contributed by atoms with Crippen molar-refractivity contribution in [2.75, 3.05) is 13.3 Å². The molecular formula is C10H12BrNO2. The summed E-state index contributed by atoms with van der Waals surface area (Å²) in [4.78, 5) is 0. The van der Waals surface area contributed by atoms with Gasteiger partial charge in [0.2, 0.25) is 6.79 Å². The van der Waals surface area contributed by atoms with E-state index in [-0.39, 0.29) is 0 Å². The summed E-state index contributed by atoms with van der Waals surface area (Å²) < 4.78 is 11.7. The van der Waals surface area contributed by atoms with Crippen molar-refractivity contribution in [3.05, 3.63) is 22.2 Å². The molecular weight excluding hydrogens is 246 g/mol. The summed E-state index contributed by atoms with van der Waals surface area (Å²) in [5.74, 6) is 1.69. The lowest BCUT2D eigenvalue weighted by Crippen LogP contribution is -2.01. The fraction of sp³-hybridized carbons (Fsp3) is 0.400. The monoisotopic (exact) mass is 257 g/mol. The van der Waals surface area contributed by atoms with Crippen molar-refractivity contribution in [2.45, 2.75) is 12.8 Å². The first-order valence-electron chi connectivity index (χ1n) is 4.60. The van der Waals surface area contributed by atoms with Crippen LogP contribution >= 0.6 is 15.9 Å². The summed E-state index contributed by atoms with van der Waals surface area (Å²) >= 11 is 3.42. The van der Waals surface area contributed by atoms with Crippen LogP contribution in [-0.2, 0) is 6.42 Å². The summed E-state index contributed by atoms with van der Waals surface area (Å²) in [5, 5.41) is 0. The van der Waals surface area contributed by atoms with Crippen LogP contribution in [0, 0.1) is 0 Å².